The molecule has 2 heterocycles. The Morgan fingerprint density at radius 1 is 1.40 bits per heavy atom. The van der Waals surface area contributed by atoms with E-state index in [1.54, 1.807) is 11.8 Å². The molecular formula is C17H22N4O3S. The lowest BCUT2D eigenvalue weighted by molar-refractivity contribution is 0.0835. The Hall–Kier alpha value is -2.06. The maximum Gasteiger partial charge on any atom is 0.319 e. The van der Waals surface area contributed by atoms with Gasteiger partial charge in [0.1, 0.15) is 6.10 Å². The number of benzene rings is 1. The highest BCUT2D eigenvalue weighted by atomic mass is 32.2. The molecule has 1 aliphatic heterocycles. The van der Waals surface area contributed by atoms with Gasteiger partial charge in [-0.25, -0.2) is 4.79 Å². The normalized spacial score (nSPS) is 17.0. The first kappa shape index (κ1) is 17.8. The van der Waals surface area contributed by atoms with Crippen molar-refractivity contribution in [3.8, 4) is 0 Å². The number of anilines is 1. The Morgan fingerprint density at radius 3 is 3.00 bits per heavy atom. The number of ether oxygens (including phenoxy) is 1. The van der Waals surface area contributed by atoms with Crippen LogP contribution in [0.15, 0.2) is 33.7 Å². The van der Waals surface area contributed by atoms with Gasteiger partial charge in [0.05, 0.1) is 12.2 Å². The molecular weight excluding hydrogens is 340 g/mol. The highest BCUT2D eigenvalue weighted by Gasteiger charge is 2.23. The van der Waals surface area contributed by atoms with Crippen molar-refractivity contribution in [2.75, 3.05) is 11.9 Å². The standard InChI is InChI=1S/C17H22N4O3S/c1-11(2)25-14-8-4-3-6-12(14)19-17(22)18-10-15-20-16(24-21-15)13-7-5-9-23-13/h3-4,6,8,11,13H,5,7,9-10H2,1-2H3,(H2,18,19,22)/t13-/m0/s1. The van der Waals surface area contributed by atoms with Crippen LogP contribution in [-0.2, 0) is 11.3 Å². The van der Waals surface area contributed by atoms with Gasteiger partial charge in [0, 0.05) is 16.8 Å². The summed E-state index contributed by atoms with van der Waals surface area (Å²) in [5.41, 5.74) is 0.784. The van der Waals surface area contributed by atoms with Gasteiger partial charge in [0.2, 0.25) is 0 Å². The van der Waals surface area contributed by atoms with Gasteiger partial charge in [-0.3, -0.25) is 0 Å². The van der Waals surface area contributed by atoms with Crippen LogP contribution >= 0.6 is 11.8 Å². The average molecular weight is 362 g/mol. The Bertz CT molecular complexity index is 713. The third kappa shape index (κ3) is 4.96. The van der Waals surface area contributed by atoms with E-state index >= 15 is 0 Å². The molecule has 0 saturated carbocycles. The lowest BCUT2D eigenvalue weighted by Gasteiger charge is -2.12. The van der Waals surface area contributed by atoms with Gasteiger partial charge in [0.25, 0.3) is 5.89 Å². The van der Waals surface area contributed by atoms with Gasteiger partial charge >= 0.3 is 6.03 Å². The molecule has 0 aliphatic carbocycles. The second-order valence-corrected chi connectivity index (χ2v) is 7.64. The molecule has 25 heavy (non-hydrogen) atoms. The lowest BCUT2D eigenvalue weighted by Crippen LogP contribution is -2.28. The summed E-state index contributed by atoms with van der Waals surface area (Å²) in [6.07, 6.45) is 1.77. The van der Waals surface area contributed by atoms with E-state index in [1.165, 1.54) is 0 Å². The lowest BCUT2D eigenvalue weighted by atomic mass is 10.2. The van der Waals surface area contributed by atoms with Crippen molar-refractivity contribution in [3.63, 3.8) is 0 Å². The highest BCUT2D eigenvalue weighted by Crippen LogP contribution is 2.30. The minimum atomic E-state index is -0.305. The van der Waals surface area contributed by atoms with E-state index < -0.39 is 0 Å². The van der Waals surface area contributed by atoms with Gasteiger partial charge < -0.3 is 19.9 Å². The molecule has 0 bridgehead atoms. The summed E-state index contributed by atoms with van der Waals surface area (Å²) in [7, 11) is 0. The van der Waals surface area contributed by atoms with E-state index in [1.807, 2.05) is 24.3 Å². The van der Waals surface area contributed by atoms with Crippen LogP contribution in [0.5, 0.6) is 0 Å². The predicted octanol–water partition coefficient (Wildman–Crippen LogP) is 3.74. The number of nitrogens with zero attached hydrogens (tertiary/aromatic N) is 2. The van der Waals surface area contributed by atoms with Gasteiger partial charge in [0.15, 0.2) is 5.82 Å². The van der Waals surface area contributed by atoms with Crippen LogP contribution < -0.4 is 10.6 Å². The summed E-state index contributed by atoms with van der Waals surface area (Å²) < 4.78 is 10.7. The molecule has 1 saturated heterocycles. The third-order valence-corrected chi connectivity index (χ3v) is 4.68. The molecule has 2 amide bonds. The van der Waals surface area contributed by atoms with Crippen LogP contribution in [0.25, 0.3) is 0 Å². The summed E-state index contributed by atoms with van der Waals surface area (Å²) in [6.45, 7) is 5.14. The van der Waals surface area contributed by atoms with Crippen molar-refractivity contribution in [2.45, 2.75) is 49.5 Å². The Kier molecular flexibility index (Phi) is 5.93. The minimum absolute atomic E-state index is 0.116. The SMILES string of the molecule is CC(C)Sc1ccccc1NC(=O)NCc1noc([C@@H]2CCCO2)n1. The minimum Gasteiger partial charge on any atom is -0.368 e. The molecule has 1 aromatic carbocycles. The van der Waals surface area contributed by atoms with Gasteiger partial charge in [-0.1, -0.05) is 31.1 Å². The number of rotatable bonds is 6. The fraction of sp³-hybridized carbons (Fsp3) is 0.471. The first-order chi connectivity index (χ1) is 12.1. The van der Waals surface area contributed by atoms with E-state index in [2.05, 4.69) is 34.6 Å². The van der Waals surface area contributed by atoms with E-state index in [0.717, 1.165) is 30.0 Å². The number of urea groups is 1. The molecule has 1 aliphatic rings. The zero-order valence-electron chi connectivity index (χ0n) is 14.3. The maximum atomic E-state index is 12.1. The van der Waals surface area contributed by atoms with Crippen LogP contribution in [0, 0.1) is 0 Å². The predicted molar refractivity (Wildman–Crippen MR) is 95.5 cm³/mol. The summed E-state index contributed by atoms with van der Waals surface area (Å²) in [4.78, 5) is 17.5. The van der Waals surface area contributed by atoms with E-state index in [0.29, 0.717) is 17.0 Å². The molecule has 1 aromatic heterocycles. The molecule has 1 fully saturated rings. The monoisotopic (exact) mass is 362 g/mol. The number of hydrogen-bond donors (Lipinski definition) is 2. The molecule has 7 nitrogen and oxygen atoms in total. The molecule has 1 atom stereocenters. The first-order valence-corrected chi connectivity index (χ1v) is 9.24. The number of aromatic nitrogens is 2. The topological polar surface area (TPSA) is 89.3 Å². The summed E-state index contributed by atoms with van der Waals surface area (Å²) >= 11 is 1.70. The fourth-order valence-corrected chi connectivity index (χ4v) is 3.41. The molecule has 3 rings (SSSR count). The van der Waals surface area contributed by atoms with Crippen molar-refractivity contribution in [3.05, 3.63) is 36.0 Å². The zero-order valence-corrected chi connectivity index (χ0v) is 15.1. The number of nitrogens with one attached hydrogen (secondary N) is 2. The highest BCUT2D eigenvalue weighted by molar-refractivity contribution is 8.00. The van der Waals surface area contributed by atoms with Crippen molar-refractivity contribution in [2.24, 2.45) is 0 Å². The molecule has 8 heteroatoms. The third-order valence-electron chi connectivity index (χ3n) is 3.59. The van der Waals surface area contributed by atoms with Crippen LogP contribution in [0.3, 0.4) is 0 Å². The van der Waals surface area contributed by atoms with Crippen LogP contribution in [0.1, 0.15) is 44.5 Å². The Balaban J connectivity index is 1.53. The summed E-state index contributed by atoms with van der Waals surface area (Å²) in [6, 6.07) is 7.43. The molecule has 134 valence electrons. The van der Waals surface area contributed by atoms with Crippen molar-refractivity contribution in [1.29, 1.82) is 0 Å². The summed E-state index contributed by atoms with van der Waals surface area (Å²) in [5, 5.41) is 9.93. The second-order valence-electron chi connectivity index (χ2n) is 6.02. The van der Waals surface area contributed by atoms with Crippen molar-refractivity contribution >= 4 is 23.5 Å². The molecule has 2 N–H and O–H groups in total. The number of thioether (sulfide) groups is 1. The second kappa shape index (κ2) is 8.35. The maximum absolute atomic E-state index is 12.1. The molecule has 0 unspecified atom stereocenters. The smallest absolute Gasteiger partial charge is 0.319 e. The van der Waals surface area contributed by atoms with Crippen LogP contribution in [0.2, 0.25) is 0 Å². The quantitative estimate of drug-likeness (QED) is 0.761. The number of para-hydroxylation sites is 1. The Labute approximate surface area is 150 Å². The van der Waals surface area contributed by atoms with E-state index in [9.17, 15) is 4.79 Å². The number of carbonyl (C=O) groups excluding carboxylic acids is 1. The summed E-state index contributed by atoms with van der Waals surface area (Å²) in [5.74, 6) is 0.916. The fourth-order valence-electron chi connectivity index (χ4n) is 2.49. The molecule has 0 radical (unpaired) electrons. The van der Waals surface area contributed by atoms with Gasteiger partial charge in [-0.05, 0) is 25.0 Å². The van der Waals surface area contributed by atoms with Crippen molar-refractivity contribution in [1.82, 2.24) is 15.5 Å². The molecule has 0 spiro atoms. The van der Waals surface area contributed by atoms with Gasteiger partial charge in [-0.15, -0.1) is 11.8 Å². The van der Waals surface area contributed by atoms with E-state index in [4.69, 9.17) is 9.26 Å². The number of amides is 2. The van der Waals surface area contributed by atoms with Gasteiger partial charge in [-0.2, -0.15) is 4.98 Å². The number of hydrogen-bond acceptors (Lipinski definition) is 6. The van der Waals surface area contributed by atoms with E-state index in [-0.39, 0.29) is 18.7 Å². The average Bonchev–Trinajstić information content (AvgIpc) is 3.25. The Morgan fingerprint density at radius 2 is 2.24 bits per heavy atom. The largest absolute Gasteiger partial charge is 0.368 e. The zero-order chi connectivity index (χ0) is 17.6. The van der Waals surface area contributed by atoms with Crippen LogP contribution in [-0.4, -0.2) is 28.0 Å². The van der Waals surface area contributed by atoms with Crippen molar-refractivity contribution < 1.29 is 14.1 Å². The van der Waals surface area contributed by atoms with Crippen LogP contribution in [0.4, 0.5) is 10.5 Å². The number of carbonyl (C=O) groups is 1. The first-order valence-electron chi connectivity index (χ1n) is 8.36. The molecule has 2 aromatic rings.